The maximum absolute atomic E-state index is 2.50. The monoisotopic (exact) mass is 795 g/mol. The smallest absolute Gasteiger partial charge is 0.116 e. The Morgan fingerprint density at radius 3 is 0.828 bits per heavy atom. The summed E-state index contributed by atoms with van der Waals surface area (Å²) in [6.07, 6.45) is 0. The van der Waals surface area contributed by atoms with E-state index in [1.54, 1.807) is 0 Å². The van der Waals surface area contributed by atoms with Crippen LogP contribution in [0.2, 0.25) is 0 Å². The van der Waals surface area contributed by atoms with Gasteiger partial charge in [0.25, 0.3) is 0 Å². The molecule has 0 aliphatic heterocycles. The summed E-state index contributed by atoms with van der Waals surface area (Å²) < 4.78 is 0. The van der Waals surface area contributed by atoms with Crippen LogP contribution in [0.15, 0.2) is 5.47 Å². The van der Waals surface area contributed by atoms with Crippen LogP contribution < -0.4 is 120 Å². The Morgan fingerprint density at radius 1 is 0.188 bits per heavy atom. The maximum atomic E-state index is 2.50. The first-order valence-corrected chi connectivity index (χ1v) is 24.2. The average molecular weight is 790 g/mol. The highest BCUT2D eigenvalue weighted by Crippen LogP contribution is 2.50. The van der Waals surface area contributed by atoms with E-state index in [1.807, 2.05) is 0 Å². The second-order valence-electron chi connectivity index (χ2n) is 21.1. The molecule has 64 heavy (non-hydrogen) atoms. The third-order valence-corrected chi connectivity index (χ3v) is 19.0. The van der Waals surface area contributed by atoms with Crippen molar-refractivity contribution >= 4 is 354 Å². The normalized spacial score (nSPS) is 13.7. The molecule has 25 heteroatoms. The van der Waals surface area contributed by atoms with E-state index in [-0.39, 0.29) is 5.82 Å². The van der Waals surface area contributed by atoms with Gasteiger partial charge < -0.3 is 0 Å². The van der Waals surface area contributed by atoms with Gasteiger partial charge in [-0.1, -0.05) is 87.4 Å². The number of hydrogen-bond acceptors (Lipinski definition) is 0. The van der Waals surface area contributed by atoms with E-state index in [0.29, 0.717) is 0 Å². The molecule has 0 saturated carbocycles. The molecule has 0 spiro atoms. The molecule has 0 fully saturated rings. The second-order valence-corrected chi connectivity index (χ2v) is 21.1. The minimum atomic E-state index is 0.283. The van der Waals surface area contributed by atoms with Gasteiger partial charge in [0, 0.05) is 0 Å². The Balaban J connectivity index is 1.63. The Bertz CT molecular complexity index is 3400. The van der Waals surface area contributed by atoms with Crippen molar-refractivity contribution in [2.75, 3.05) is 0 Å². The van der Waals surface area contributed by atoms with Crippen molar-refractivity contribution in [3.05, 3.63) is 16.6 Å². The standard InChI is InChI=1S/C39H51B25/c40-15-11(24(49)27(52)14-12(15)30(55)38(63)39(64)31(14)56)13-25(50)22(47)9(23(48)26(13)51)2-6-3(16(41)32(57)18(6)43)1(4-7(2)20(45)35(60)34(59)19(4)44)5-8-10(28(53)33(58)17(5)42)29(54)37(62)36(61)21(8)46/h16H,40-64H2. The Morgan fingerprint density at radius 2 is 0.422 bits per heavy atom. The number of rotatable bonds is 3. The van der Waals surface area contributed by atoms with Crippen LogP contribution in [0.25, 0.3) is 71.2 Å². The maximum Gasteiger partial charge on any atom is 0.140 e. The third kappa shape index (κ3) is 5.98. The van der Waals surface area contributed by atoms with Gasteiger partial charge in [0.2, 0.25) is 0 Å². The molecule has 7 aromatic carbocycles. The minimum absolute atomic E-state index is 0.283. The quantitative estimate of drug-likeness (QED) is 0.156. The van der Waals surface area contributed by atoms with Gasteiger partial charge in [0.15, 0.2) is 0 Å². The highest BCUT2D eigenvalue weighted by molar-refractivity contribution is 6.76. The number of fused-ring (bicyclic) bond motifs is 4. The van der Waals surface area contributed by atoms with Crippen LogP contribution in [0, 0.1) is 0 Å². The lowest BCUT2D eigenvalue weighted by Crippen LogP contribution is -2.53. The predicted molar refractivity (Wildman–Crippen MR) is 370 cm³/mol. The summed E-state index contributed by atoms with van der Waals surface area (Å²) in [5, 5.41) is 8.71. The molecule has 0 N–H and O–H groups in total. The Kier molecular flexibility index (Phi) is 11.7. The molecular weight excluding hydrogens is 739 g/mol. The average Bonchev–Trinajstić information content (AvgIpc) is 3.48. The van der Waals surface area contributed by atoms with E-state index in [4.69, 9.17) is 0 Å². The summed E-state index contributed by atoms with van der Waals surface area (Å²) in [5.74, 6) is 0.283. The predicted octanol–water partition coefficient (Wildman–Crippen LogP) is -30.5. The molecule has 282 valence electrons. The van der Waals surface area contributed by atoms with Crippen molar-refractivity contribution in [2.24, 2.45) is 0 Å². The van der Waals surface area contributed by atoms with Crippen molar-refractivity contribution < 1.29 is 0 Å². The van der Waals surface area contributed by atoms with Crippen LogP contribution in [0.1, 0.15) is 16.9 Å². The van der Waals surface area contributed by atoms with Crippen LogP contribution in [-0.4, -0.2) is 196 Å². The molecule has 8 rings (SSSR count). The van der Waals surface area contributed by atoms with Gasteiger partial charge in [0.1, 0.15) is 196 Å². The second kappa shape index (κ2) is 15.9. The summed E-state index contributed by atoms with van der Waals surface area (Å²) in [6.45, 7) is 0. The van der Waals surface area contributed by atoms with Crippen LogP contribution in [0.5, 0.6) is 0 Å². The lowest BCUT2D eigenvalue weighted by Gasteiger charge is -2.33. The first-order valence-electron chi connectivity index (χ1n) is 24.2. The molecule has 0 bridgehead atoms. The van der Waals surface area contributed by atoms with E-state index in [9.17, 15) is 0 Å². The molecule has 0 radical (unpaired) electrons. The molecule has 1 aliphatic rings. The van der Waals surface area contributed by atoms with Gasteiger partial charge in [0.05, 0.1) is 0 Å². The summed E-state index contributed by atoms with van der Waals surface area (Å²) in [5.41, 5.74) is 45.9. The zero-order chi connectivity index (χ0) is 47.5. The summed E-state index contributed by atoms with van der Waals surface area (Å²) in [7, 11) is 59.8. The van der Waals surface area contributed by atoms with E-state index >= 15 is 0 Å². The fraction of sp³-hybridized carbons (Fsp3) is 0.0256. The van der Waals surface area contributed by atoms with Crippen molar-refractivity contribution in [3.63, 3.8) is 0 Å². The highest BCUT2D eigenvalue weighted by Gasteiger charge is 2.36. The number of hydrogen-bond donors (Lipinski definition) is 0. The molecule has 0 saturated heterocycles. The first-order chi connectivity index (χ1) is 29.8. The van der Waals surface area contributed by atoms with Crippen molar-refractivity contribution in [2.45, 2.75) is 5.82 Å². The van der Waals surface area contributed by atoms with Crippen LogP contribution >= 0.6 is 0 Å². The zero-order valence-electron chi connectivity index (χ0n) is 44.6. The van der Waals surface area contributed by atoms with Gasteiger partial charge in [-0.15, -0.1) is 43.7 Å². The molecule has 1 atom stereocenters. The summed E-state index contributed by atoms with van der Waals surface area (Å²) in [6, 6.07) is 0. The summed E-state index contributed by atoms with van der Waals surface area (Å²) >= 11 is 0. The fourth-order valence-electron chi connectivity index (χ4n) is 13.2. The number of allylic oxidation sites excluding steroid dienone is 1. The van der Waals surface area contributed by atoms with Crippen molar-refractivity contribution in [1.29, 1.82) is 0 Å². The van der Waals surface area contributed by atoms with Gasteiger partial charge in [-0.2, -0.15) is 0 Å². The lowest BCUT2D eigenvalue weighted by atomic mass is 9.55. The van der Waals surface area contributed by atoms with Crippen LogP contribution in [-0.2, 0) is 0 Å². The SMILES string of the molecule is BC1=C(B)C(B)c2c1c(-c1c(B)c(B)c(-c3c(B)c(B)c4c(B)c(B)c(B)c(B)c4c3B)c(B)c1B)c1c(B)c(B)c(B)c(B)c1c2-c1c(B)c(B)c(B)c2c(B)c(B)c(B)c(B)c12. The largest absolute Gasteiger partial charge is 0.140 e. The van der Waals surface area contributed by atoms with E-state index in [0.717, 1.165) is 0 Å². The minimum Gasteiger partial charge on any atom is -0.116 e. The topological polar surface area (TPSA) is 0 Å². The van der Waals surface area contributed by atoms with Crippen LogP contribution in [0.3, 0.4) is 0 Å². The first kappa shape index (κ1) is 47.2. The highest BCUT2D eigenvalue weighted by atomic mass is 14.3. The Labute approximate surface area is 407 Å². The Hall–Kier alpha value is -3.32. The lowest BCUT2D eigenvalue weighted by molar-refractivity contribution is 1.24. The third-order valence-electron chi connectivity index (χ3n) is 19.0. The molecule has 0 heterocycles. The fourth-order valence-corrected chi connectivity index (χ4v) is 13.2. The van der Waals surface area contributed by atoms with Crippen molar-refractivity contribution in [1.82, 2.24) is 0 Å². The molecule has 0 aromatic heterocycles. The van der Waals surface area contributed by atoms with Crippen molar-refractivity contribution in [3.8, 4) is 33.4 Å². The van der Waals surface area contributed by atoms with Gasteiger partial charge in [-0.25, -0.2) is 0 Å². The molecular formula is C39H51B25. The molecule has 1 unspecified atom stereocenters. The molecule has 0 amide bonds. The van der Waals surface area contributed by atoms with E-state index in [1.165, 1.54) is 208 Å². The van der Waals surface area contributed by atoms with Crippen LogP contribution in [0.4, 0.5) is 0 Å². The number of benzene rings is 7. The van der Waals surface area contributed by atoms with E-state index < -0.39 is 0 Å². The van der Waals surface area contributed by atoms with E-state index in [2.05, 4.69) is 196 Å². The van der Waals surface area contributed by atoms with Gasteiger partial charge in [-0.3, -0.25) is 0 Å². The molecule has 0 nitrogen and oxygen atoms in total. The van der Waals surface area contributed by atoms with Gasteiger partial charge >= 0.3 is 0 Å². The summed E-state index contributed by atoms with van der Waals surface area (Å²) in [4.78, 5) is 0. The molecule has 1 aliphatic carbocycles. The zero-order valence-corrected chi connectivity index (χ0v) is 44.6. The van der Waals surface area contributed by atoms with Gasteiger partial charge in [-0.05, 0) is 82.6 Å². The molecule has 7 aromatic rings.